The van der Waals surface area contributed by atoms with Gasteiger partial charge in [0, 0.05) is 12.5 Å². The topological polar surface area (TPSA) is 80.6 Å². The number of amides is 2. The van der Waals surface area contributed by atoms with Crippen LogP contribution in [0.5, 0.6) is 5.75 Å². The molecule has 2 heterocycles. The van der Waals surface area contributed by atoms with E-state index in [2.05, 4.69) is 10.6 Å². The summed E-state index contributed by atoms with van der Waals surface area (Å²) in [6, 6.07) is 10.5. The Morgan fingerprint density at radius 3 is 2.73 bits per heavy atom. The van der Waals surface area contributed by atoms with Crippen molar-refractivity contribution in [1.29, 1.82) is 0 Å². The maximum atomic E-state index is 12.6. The fraction of sp³-hybridized carbons (Fsp3) is 0.400. The number of rotatable bonds is 6. The lowest BCUT2D eigenvalue weighted by Crippen LogP contribution is -2.51. The Labute approximate surface area is 152 Å². The van der Waals surface area contributed by atoms with Gasteiger partial charge < -0.3 is 19.8 Å². The van der Waals surface area contributed by atoms with Gasteiger partial charge in [-0.15, -0.1) is 0 Å². The van der Waals surface area contributed by atoms with Gasteiger partial charge in [0.25, 0.3) is 5.91 Å². The first-order chi connectivity index (χ1) is 12.5. The van der Waals surface area contributed by atoms with E-state index in [1.807, 2.05) is 38.1 Å². The van der Waals surface area contributed by atoms with Crippen LogP contribution in [-0.2, 0) is 11.2 Å². The first-order valence-electron chi connectivity index (χ1n) is 8.87. The highest BCUT2D eigenvalue weighted by Crippen LogP contribution is 2.26. The van der Waals surface area contributed by atoms with Crippen LogP contribution in [0, 0.1) is 11.8 Å². The number of ether oxygens (including phenoxy) is 1. The Morgan fingerprint density at radius 2 is 2.00 bits per heavy atom. The van der Waals surface area contributed by atoms with Gasteiger partial charge in [-0.1, -0.05) is 32.0 Å². The first kappa shape index (κ1) is 18.0. The zero-order valence-electron chi connectivity index (χ0n) is 15.0. The van der Waals surface area contributed by atoms with Crippen LogP contribution in [0.4, 0.5) is 0 Å². The van der Waals surface area contributed by atoms with Crippen molar-refractivity contribution >= 4 is 11.8 Å². The van der Waals surface area contributed by atoms with E-state index in [9.17, 15) is 9.59 Å². The first-order valence-corrected chi connectivity index (χ1v) is 8.87. The predicted molar refractivity (Wildman–Crippen MR) is 96.9 cm³/mol. The molecule has 0 radical (unpaired) electrons. The average Bonchev–Trinajstić information content (AvgIpc) is 3.18. The van der Waals surface area contributed by atoms with Crippen LogP contribution >= 0.6 is 0 Å². The molecule has 138 valence electrons. The molecule has 0 spiro atoms. The highest BCUT2D eigenvalue weighted by Gasteiger charge is 2.27. The fourth-order valence-electron chi connectivity index (χ4n) is 3.03. The molecule has 0 saturated heterocycles. The standard InChI is InChI=1S/C20H24N2O4/c1-13(2)18(22-19(23)17-8-5-9-25-17)20(24)21-11-14-10-15-6-3-4-7-16(15)26-12-14/h3-9,13-14,18H,10-12H2,1-2H3,(H,21,24)(H,22,23). The number of fused-ring (bicyclic) bond motifs is 1. The molecule has 2 aromatic rings. The highest BCUT2D eigenvalue weighted by molar-refractivity contribution is 5.95. The molecule has 3 rings (SSSR count). The van der Waals surface area contributed by atoms with Gasteiger partial charge in [0.05, 0.1) is 12.9 Å². The zero-order valence-corrected chi connectivity index (χ0v) is 15.0. The van der Waals surface area contributed by atoms with E-state index >= 15 is 0 Å². The van der Waals surface area contributed by atoms with E-state index in [0.717, 1.165) is 17.7 Å². The molecule has 0 bridgehead atoms. The third-order valence-electron chi connectivity index (χ3n) is 4.50. The molecule has 0 aliphatic carbocycles. The molecule has 2 unspecified atom stereocenters. The van der Waals surface area contributed by atoms with Crippen LogP contribution in [0.15, 0.2) is 47.1 Å². The third-order valence-corrected chi connectivity index (χ3v) is 4.50. The van der Waals surface area contributed by atoms with E-state index in [1.165, 1.54) is 6.26 Å². The largest absolute Gasteiger partial charge is 0.493 e. The molecule has 2 amide bonds. The SMILES string of the molecule is CC(C)C(NC(=O)c1ccco1)C(=O)NCC1COc2ccccc2C1. The summed E-state index contributed by atoms with van der Waals surface area (Å²) < 4.78 is 10.8. The number of para-hydroxylation sites is 1. The molecular formula is C20H24N2O4. The van der Waals surface area contributed by atoms with E-state index in [0.29, 0.717) is 13.2 Å². The Balaban J connectivity index is 1.54. The lowest BCUT2D eigenvalue weighted by molar-refractivity contribution is -0.124. The average molecular weight is 356 g/mol. The molecule has 1 aliphatic rings. The van der Waals surface area contributed by atoms with Crippen LogP contribution in [0.25, 0.3) is 0 Å². The molecule has 0 saturated carbocycles. The molecule has 2 N–H and O–H groups in total. The van der Waals surface area contributed by atoms with Gasteiger partial charge in [-0.3, -0.25) is 9.59 Å². The minimum Gasteiger partial charge on any atom is -0.493 e. The van der Waals surface area contributed by atoms with Crippen molar-refractivity contribution in [2.45, 2.75) is 26.3 Å². The molecule has 0 fully saturated rings. The Bertz CT molecular complexity index is 755. The molecule has 2 atom stereocenters. The van der Waals surface area contributed by atoms with Gasteiger partial charge >= 0.3 is 0 Å². The fourth-order valence-corrected chi connectivity index (χ4v) is 3.03. The van der Waals surface area contributed by atoms with Gasteiger partial charge in [-0.05, 0) is 36.1 Å². The van der Waals surface area contributed by atoms with Crippen molar-refractivity contribution in [1.82, 2.24) is 10.6 Å². The molecule has 6 nitrogen and oxygen atoms in total. The second-order valence-corrected chi connectivity index (χ2v) is 6.91. The predicted octanol–water partition coefficient (Wildman–Crippen LogP) is 2.40. The van der Waals surface area contributed by atoms with E-state index in [-0.39, 0.29) is 23.5 Å². The maximum absolute atomic E-state index is 12.6. The second-order valence-electron chi connectivity index (χ2n) is 6.91. The smallest absolute Gasteiger partial charge is 0.287 e. The number of nitrogens with one attached hydrogen (secondary N) is 2. The molecule has 1 aliphatic heterocycles. The Kier molecular flexibility index (Phi) is 5.61. The summed E-state index contributed by atoms with van der Waals surface area (Å²) in [6.07, 6.45) is 2.29. The second kappa shape index (κ2) is 8.08. The van der Waals surface area contributed by atoms with Crippen molar-refractivity contribution in [3.8, 4) is 5.75 Å². The summed E-state index contributed by atoms with van der Waals surface area (Å²) in [7, 11) is 0. The summed E-state index contributed by atoms with van der Waals surface area (Å²) in [5.41, 5.74) is 1.16. The van der Waals surface area contributed by atoms with Crippen LogP contribution in [-0.4, -0.2) is 31.0 Å². The van der Waals surface area contributed by atoms with E-state index in [1.54, 1.807) is 12.1 Å². The van der Waals surface area contributed by atoms with Crippen molar-refractivity contribution in [2.75, 3.05) is 13.2 Å². The van der Waals surface area contributed by atoms with E-state index in [4.69, 9.17) is 9.15 Å². The lowest BCUT2D eigenvalue weighted by Gasteiger charge is -2.27. The Morgan fingerprint density at radius 1 is 1.19 bits per heavy atom. The lowest BCUT2D eigenvalue weighted by atomic mass is 9.96. The number of carbonyl (C=O) groups excluding carboxylic acids is 2. The van der Waals surface area contributed by atoms with E-state index < -0.39 is 11.9 Å². The van der Waals surface area contributed by atoms with Gasteiger partial charge in [-0.25, -0.2) is 0 Å². The van der Waals surface area contributed by atoms with Gasteiger partial charge in [0.2, 0.25) is 5.91 Å². The highest BCUT2D eigenvalue weighted by atomic mass is 16.5. The monoisotopic (exact) mass is 356 g/mol. The summed E-state index contributed by atoms with van der Waals surface area (Å²) >= 11 is 0. The zero-order chi connectivity index (χ0) is 18.5. The number of benzene rings is 1. The maximum Gasteiger partial charge on any atom is 0.287 e. The van der Waals surface area contributed by atoms with Gasteiger partial charge in [0.1, 0.15) is 11.8 Å². The molecule has 6 heteroatoms. The van der Waals surface area contributed by atoms with Crippen LogP contribution in [0.3, 0.4) is 0 Å². The summed E-state index contributed by atoms with van der Waals surface area (Å²) in [4.78, 5) is 24.7. The van der Waals surface area contributed by atoms with Crippen LogP contribution < -0.4 is 15.4 Å². The third kappa shape index (κ3) is 4.25. The Hall–Kier alpha value is -2.76. The number of hydrogen-bond donors (Lipinski definition) is 2. The summed E-state index contributed by atoms with van der Waals surface area (Å²) in [5.74, 6) is 0.693. The van der Waals surface area contributed by atoms with Crippen molar-refractivity contribution < 1.29 is 18.7 Å². The van der Waals surface area contributed by atoms with Crippen LogP contribution in [0.2, 0.25) is 0 Å². The molecule has 1 aromatic heterocycles. The van der Waals surface area contributed by atoms with Crippen molar-refractivity contribution in [3.63, 3.8) is 0 Å². The minimum absolute atomic E-state index is 0.0442. The molecular weight excluding hydrogens is 332 g/mol. The minimum atomic E-state index is -0.621. The normalized spacial score (nSPS) is 17.1. The number of carbonyl (C=O) groups is 2. The summed E-state index contributed by atoms with van der Waals surface area (Å²) in [6.45, 7) is 4.87. The van der Waals surface area contributed by atoms with Crippen molar-refractivity contribution in [2.24, 2.45) is 11.8 Å². The molecule has 26 heavy (non-hydrogen) atoms. The summed E-state index contributed by atoms with van der Waals surface area (Å²) in [5, 5.41) is 5.70. The number of furan rings is 1. The quantitative estimate of drug-likeness (QED) is 0.833. The van der Waals surface area contributed by atoms with Gasteiger partial charge in [-0.2, -0.15) is 0 Å². The molecule has 1 aromatic carbocycles. The van der Waals surface area contributed by atoms with Gasteiger partial charge in [0.15, 0.2) is 5.76 Å². The van der Waals surface area contributed by atoms with Crippen LogP contribution in [0.1, 0.15) is 30.0 Å². The van der Waals surface area contributed by atoms with Crippen molar-refractivity contribution in [3.05, 3.63) is 54.0 Å². The number of hydrogen-bond acceptors (Lipinski definition) is 4.